The number of rotatable bonds is 6. The summed E-state index contributed by atoms with van der Waals surface area (Å²) in [6.07, 6.45) is 0. The molecule has 3 aromatic carbocycles. The van der Waals surface area contributed by atoms with Crippen LogP contribution in [-0.2, 0) is 13.1 Å². The van der Waals surface area contributed by atoms with Crippen LogP contribution >= 0.6 is 0 Å². The Labute approximate surface area is 184 Å². The first-order chi connectivity index (χ1) is 15.7. The molecule has 3 N–H and O–H groups in total. The van der Waals surface area contributed by atoms with Gasteiger partial charge in [-0.15, -0.1) is 5.10 Å². The van der Waals surface area contributed by atoms with Gasteiger partial charge < -0.3 is 11.1 Å². The van der Waals surface area contributed by atoms with Crippen molar-refractivity contribution in [2.45, 2.75) is 13.1 Å². The molecule has 0 bridgehead atoms. The molecule has 0 spiro atoms. The van der Waals surface area contributed by atoms with Gasteiger partial charge in [0.15, 0.2) is 5.65 Å². The maximum absolute atomic E-state index is 13.5. The van der Waals surface area contributed by atoms with Crippen molar-refractivity contribution in [3.05, 3.63) is 102 Å². The van der Waals surface area contributed by atoms with Gasteiger partial charge in [-0.3, -0.25) is 0 Å². The fourth-order valence-corrected chi connectivity index (χ4v) is 3.60. The number of benzene rings is 3. The molecule has 158 valence electrons. The number of hydrogen-bond donors (Lipinski definition) is 2. The zero-order chi connectivity index (χ0) is 21.9. The molecule has 0 radical (unpaired) electrons. The van der Waals surface area contributed by atoms with E-state index in [0.29, 0.717) is 41.6 Å². The summed E-state index contributed by atoms with van der Waals surface area (Å²) in [4.78, 5) is 9.33. The van der Waals surface area contributed by atoms with Gasteiger partial charge in [-0.1, -0.05) is 60.7 Å². The molecule has 2 aromatic heterocycles. The van der Waals surface area contributed by atoms with E-state index in [0.717, 1.165) is 16.7 Å². The molecular formula is C25H21FN6. The summed E-state index contributed by atoms with van der Waals surface area (Å²) in [5.41, 5.74) is 10.5. The Balaban J connectivity index is 1.58. The largest absolute Gasteiger partial charge is 0.383 e. The van der Waals surface area contributed by atoms with E-state index in [9.17, 15) is 4.39 Å². The Kier molecular flexibility index (Phi) is 5.21. The van der Waals surface area contributed by atoms with Crippen LogP contribution in [0.25, 0.3) is 22.3 Å². The molecule has 0 unspecified atom stereocenters. The number of anilines is 2. The highest BCUT2D eigenvalue weighted by Crippen LogP contribution is 2.32. The molecule has 6 nitrogen and oxygen atoms in total. The average molecular weight is 424 g/mol. The molecule has 0 fully saturated rings. The van der Waals surface area contributed by atoms with Crippen LogP contribution in [0.3, 0.4) is 0 Å². The van der Waals surface area contributed by atoms with E-state index in [1.807, 2.05) is 60.7 Å². The van der Waals surface area contributed by atoms with Crippen LogP contribution in [0, 0.1) is 5.82 Å². The van der Waals surface area contributed by atoms with Gasteiger partial charge >= 0.3 is 0 Å². The molecule has 32 heavy (non-hydrogen) atoms. The third-order valence-corrected chi connectivity index (χ3v) is 5.23. The summed E-state index contributed by atoms with van der Waals surface area (Å²) in [5, 5.41) is 8.57. The Bertz CT molecular complexity index is 1350. The minimum Gasteiger partial charge on any atom is -0.383 e. The van der Waals surface area contributed by atoms with E-state index in [1.165, 1.54) is 12.1 Å². The van der Waals surface area contributed by atoms with E-state index in [2.05, 4.69) is 15.4 Å². The van der Waals surface area contributed by atoms with Crippen LogP contribution in [0.5, 0.6) is 0 Å². The number of nitrogen functional groups attached to an aromatic ring is 1. The van der Waals surface area contributed by atoms with E-state index in [4.69, 9.17) is 10.7 Å². The van der Waals surface area contributed by atoms with E-state index in [1.54, 1.807) is 16.8 Å². The third kappa shape index (κ3) is 4.00. The van der Waals surface area contributed by atoms with Crippen molar-refractivity contribution in [3.8, 4) is 11.3 Å². The first kappa shape index (κ1) is 19.7. The summed E-state index contributed by atoms with van der Waals surface area (Å²) >= 11 is 0. The van der Waals surface area contributed by atoms with Gasteiger partial charge in [-0.2, -0.15) is 4.98 Å². The molecule has 0 saturated carbocycles. The number of nitrogens with two attached hydrogens (primary N) is 1. The molecule has 7 heteroatoms. The lowest BCUT2D eigenvalue weighted by Crippen LogP contribution is -2.05. The summed E-state index contributed by atoms with van der Waals surface area (Å²) in [6.45, 7) is 1.08. The van der Waals surface area contributed by atoms with Crippen LogP contribution in [0.15, 0.2) is 84.9 Å². The molecule has 0 aliphatic carbocycles. The van der Waals surface area contributed by atoms with E-state index < -0.39 is 0 Å². The predicted octanol–water partition coefficient (Wildman–Crippen LogP) is 4.88. The number of nitrogens with one attached hydrogen (secondary N) is 1. The standard InChI is InChI=1S/C25H21FN6/c26-20-13-11-19(12-14-20)22-21-23(27)32(16-18-9-5-2-6-10-18)31-24(21)30-25(29-22)28-15-17-7-3-1-4-8-17/h1-14H,15-16,27H2,(H,28,30,31). The lowest BCUT2D eigenvalue weighted by atomic mass is 10.1. The number of nitrogens with zero attached hydrogens (tertiary/aromatic N) is 4. The fourth-order valence-electron chi connectivity index (χ4n) is 3.60. The highest BCUT2D eigenvalue weighted by molar-refractivity contribution is 5.98. The van der Waals surface area contributed by atoms with Crippen molar-refractivity contribution in [2.75, 3.05) is 11.1 Å². The summed E-state index contributed by atoms with van der Waals surface area (Å²) in [6, 6.07) is 26.1. The highest BCUT2D eigenvalue weighted by Gasteiger charge is 2.18. The number of hydrogen-bond acceptors (Lipinski definition) is 5. The Morgan fingerprint density at radius 2 is 1.47 bits per heavy atom. The molecule has 5 aromatic rings. The minimum atomic E-state index is -0.311. The highest BCUT2D eigenvalue weighted by atomic mass is 19.1. The second-order valence-electron chi connectivity index (χ2n) is 7.47. The van der Waals surface area contributed by atoms with Gasteiger partial charge in [0.05, 0.1) is 17.6 Å². The molecule has 0 saturated heterocycles. The smallest absolute Gasteiger partial charge is 0.225 e. The Morgan fingerprint density at radius 1 is 0.812 bits per heavy atom. The van der Waals surface area contributed by atoms with Crippen LogP contribution in [0.2, 0.25) is 0 Å². The SMILES string of the molecule is Nc1c2c(-c3ccc(F)cc3)nc(NCc3ccccc3)nc2nn1Cc1ccccc1. The quantitative estimate of drug-likeness (QED) is 0.406. The molecular weight excluding hydrogens is 403 g/mol. The summed E-state index contributed by atoms with van der Waals surface area (Å²) in [5.74, 6) is 0.594. The van der Waals surface area contributed by atoms with Crippen LogP contribution in [-0.4, -0.2) is 19.7 Å². The van der Waals surface area contributed by atoms with Crippen molar-refractivity contribution in [1.82, 2.24) is 19.7 Å². The fraction of sp³-hybridized carbons (Fsp3) is 0.0800. The Morgan fingerprint density at radius 3 is 2.16 bits per heavy atom. The number of aromatic nitrogens is 4. The third-order valence-electron chi connectivity index (χ3n) is 5.23. The van der Waals surface area contributed by atoms with Gasteiger partial charge in [0.2, 0.25) is 5.95 Å². The van der Waals surface area contributed by atoms with Crippen molar-refractivity contribution >= 4 is 22.8 Å². The average Bonchev–Trinajstić information content (AvgIpc) is 3.14. The zero-order valence-corrected chi connectivity index (χ0v) is 17.2. The predicted molar refractivity (Wildman–Crippen MR) is 124 cm³/mol. The normalized spacial score (nSPS) is 11.0. The second-order valence-corrected chi connectivity index (χ2v) is 7.47. The van der Waals surface area contributed by atoms with Gasteiger partial charge in [0, 0.05) is 12.1 Å². The monoisotopic (exact) mass is 424 g/mol. The van der Waals surface area contributed by atoms with Crippen LogP contribution in [0.4, 0.5) is 16.2 Å². The first-order valence-corrected chi connectivity index (χ1v) is 10.3. The van der Waals surface area contributed by atoms with Gasteiger partial charge in [0.25, 0.3) is 0 Å². The lowest BCUT2D eigenvalue weighted by Gasteiger charge is -2.09. The van der Waals surface area contributed by atoms with Crippen LogP contribution < -0.4 is 11.1 Å². The number of halogens is 1. The molecule has 0 aliphatic heterocycles. The Hall–Kier alpha value is -4.26. The first-order valence-electron chi connectivity index (χ1n) is 10.3. The lowest BCUT2D eigenvalue weighted by molar-refractivity contribution is 0.628. The van der Waals surface area contributed by atoms with Gasteiger partial charge in [0.1, 0.15) is 11.6 Å². The zero-order valence-electron chi connectivity index (χ0n) is 17.2. The molecule has 5 rings (SSSR count). The van der Waals surface area contributed by atoms with Crippen molar-refractivity contribution in [3.63, 3.8) is 0 Å². The minimum absolute atomic E-state index is 0.311. The second kappa shape index (κ2) is 8.47. The van der Waals surface area contributed by atoms with Gasteiger partial charge in [-0.05, 0) is 35.4 Å². The van der Waals surface area contributed by atoms with Crippen molar-refractivity contribution in [2.24, 2.45) is 0 Å². The molecule has 0 atom stereocenters. The van der Waals surface area contributed by atoms with E-state index in [-0.39, 0.29) is 5.82 Å². The number of fused-ring (bicyclic) bond motifs is 1. The molecule has 2 heterocycles. The summed E-state index contributed by atoms with van der Waals surface area (Å²) < 4.78 is 15.3. The van der Waals surface area contributed by atoms with E-state index >= 15 is 0 Å². The maximum Gasteiger partial charge on any atom is 0.225 e. The maximum atomic E-state index is 13.5. The summed E-state index contributed by atoms with van der Waals surface area (Å²) in [7, 11) is 0. The van der Waals surface area contributed by atoms with Crippen LogP contribution in [0.1, 0.15) is 11.1 Å². The topological polar surface area (TPSA) is 81.7 Å². The van der Waals surface area contributed by atoms with Gasteiger partial charge in [-0.25, -0.2) is 14.1 Å². The van der Waals surface area contributed by atoms with Crippen molar-refractivity contribution < 1.29 is 4.39 Å². The molecule has 0 amide bonds. The van der Waals surface area contributed by atoms with Crippen molar-refractivity contribution in [1.29, 1.82) is 0 Å². The molecule has 0 aliphatic rings.